The zero-order chi connectivity index (χ0) is 39.1. The Bertz CT molecular complexity index is 2250. The normalized spacial score (nSPS) is 17.7. The Balaban J connectivity index is 1.34. The fourth-order valence-corrected chi connectivity index (χ4v) is 8.23. The third-order valence-electron chi connectivity index (χ3n) is 11.5. The monoisotopic (exact) mass is 755 g/mol. The topological polar surface area (TPSA) is 82.2 Å². The number of hydrogen-bond donors (Lipinski definition) is 0. The Hall–Kier alpha value is -5.71. The minimum atomic E-state index is -0.518. The molecule has 5 aromatic carbocycles. The molecule has 4 aliphatic heterocycles. The van der Waals surface area contributed by atoms with Crippen molar-refractivity contribution in [2.75, 3.05) is 67.5 Å². The van der Waals surface area contributed by atoms with Crippen molar-refractivity contribution in [3.63, 3.8) is 0 Å². The van der Waals surface area contributed by atoms with Gasteiger partial charge >= 0.3 is 5.97 Å². The summed E-state index contributed by atoms with van der Waals surface area (Å²) in [7, 11) is 13.1. The van der Waals surface area contributed by atoms with Gasteiger partial charge in [0.1, 0.15) is 5.75 Å². The smallest absolute Gasteiger partial charge is 0.343 e. The molecule has 0 unspecified atom stereocenters. The number of carbonyl (C=O) groups is 1. The molecule has 10 nitrogen and oxygen atoms in total. The van der Waals surface area contributed by atoms with Crippen LogP contribution in [0.4, 0.5) is 5.69 Å². The number of rotatable bonds is 6. The fraction of sp³-hybridized carbons (Fsp3) is 0.326. The fourth-order valence-electron chi connectivity index (χ4n) is 8.23. The summed E-state index contributed by atoms with van der Waals surface area (Å²) in [6, 6.07) is 27.9. The van der Waals surface area contributed by atoms with Crippen molar-refractivity contribution in [1.29, 1.82) is 0 Å². The van der Waals surface area contributed by atoms with Crippen LogP contribution < -0.4 is 33.3 Å². The summed E-state index contributed by atoms with van der Waals surface area (Å²) in [4.78, 5) is 20.7. The highest BCUT2D eigenvalue weighted by Crippen LogP contribution is 2.52. The Morgan fingerprint density at radius 1 is 0.679 bits per heavy atom. The number of ether oxygens (including phenoxy) is 6. The summed E-state index contributed by atoms with van der Waals surface area (Å²) in [5.74, 6) is 3.71. The van der Waals surface area contributed by atoms with Crippen molar-refractivity contribution in [1.82, 2.24) is 9.80 Å². The van der Waals surface area contributed by atoms with E-state index in [1.165, 1.54) is 16.7 Å². The van der Waals surface area contributed by atoms with E-state index in [2.05, 4.69) is 54.2 Å². The minimum absolute atomic E-state index is 0.0787. The lowest BCUT2D eigenvalue weighted by molar-refractivity contribution is 0.0724. The molecule has 0 amide bonds. The lowest BCUT2D eigenvalue weighted by Crippen LogP contribution is -2.34. The molecule has 0 spiro atoms. The maximum absolute atomic E-state index is 14.0. The lowest BCUT2D eigenvalue weighted by Gasteiger charge is -2.37. The molecular weight excluding hydrogens is 707 g/mol. The second-order valence-electron chi connectivity index (χ2n) is 15.1. The summed E-state index contributed by atoms with van der Waals surface area (Å²) < 4.78 is 37.9. The quantitative estimate of drug-likeness (QED) is 0.124. The number of methoxy groups -OCH3 is 3. The van der Waals surface area contributed by atoms with Crippen molar-refractivity contribution in [3.8, 4) is 46.0 Å². The zero-order valence-electron chi connectivity index (χ0n) is 33.2. The van der Waals surface area contributed by atoms with Crippen LogP contribution in [0.3, 0.4) is 0 Å². The Kier molecular flexibility index (Phi) is 10.3. The van der Waals surface area contributed by atoms with Gasteiger partial charge in [0.25, 0.3) is 0 Å². The molecule has 0 saturated carbocycles. The van der Waals surface area contributed by atoms with Gasteiger partial charge < -0.3 is 33.3 Å². The predicted octanol–water partition coefficient (Wildman–Crippen LogP) is 8.44. The second-order valence-corrected chi connectivity index (χ2v) is 15.1. The maximum Gasteiger partial charge on any atom is 0.343 e. The van der Waals surface area contributed by atoms with E-state index < -0.39 is 5.97 Å². The molecule has 0 radical (unpaired) electrons. The Morgan fingerprint density at radius 3 is 2.00 bits per heavy atom. The maximum atomic E-state index is 14.0. The number of likely N-dealkylation sites (N-methyl/N-ethyl adjacent to an activating group) is 2. The van der Waals surface area contributed by atoms with Crippen LogP contribution in [-0.4, -0.2) is 78.4 Å². The van der Waals surface area contributed by atoms with Gasteiger partial charge in [-0.05, 0) is 134 Å². The SMILES string of the molecule is COc1ccc2cc1Oc1ccc(cc1)C[C@H]1c3cc(c(OC)cc3CCN1C)Oc1c(OC(=O)c3ccc(N(C)C)cc3)c(OC)cc3c1[C@H](C2)N(C)CC3. The van der Waals surface area contributed by atoms with Gasteiger partial charge in [-0.2, -0.15) is 0 Å². The highest BCUT2D eigenvalue weighted by Gasteiger charge is 2.36. The first-order chi connectivity index (χ1) is 27.1. The highest BCUT2D eigenvalue weighted by atomic mass is 16.6. The minimum Gasteiger partial charge on any atom is -0.493 e. The van der Waals surface area contributed by atoms with E-state index in [1.807, 2.05) is 61.5 Å². The van der Waals surface area contributed by atoms with E-state index in [-0.39, 0.29) is 17.8 Å². The van der Waals surface area contributed by atoms with Gasteiger partial charge in [0.15, 0.2) is 34.5 Å². The van der Waals surface area contributed by atoms with E-state index in [4.69, 9.17) is 28.4 Å². The Morgan fingerprint density at radius 2 is 1.30 bits per heavy atom. The first kappa shape index (κ1) is 37.2. The van der Waals surface area contributed by atoms with Gasteiger partial charge in [-0.15, -0.1) is 0 Å². The average Bonchev–Trinajstić information content (AvgIpc) is 3.21. The Labute approximate surface area is 329 Å². The number of hydrogen-bond acceptors (Lipinski definition) is 10. The molecule has 0 saturated heterocycles. The number of esters is 1. The third-order valence-corrected chi connectivity index (χ3v) is 11.5. The number of anilines is 1. The zero-order valence-corrected chi connectivity index (χ0v) is 33.2. The number of fused-ring (bicyclic) bond motifs is 2. The van der Waals surface area contributed by atoms with Crippen molar-refractivity contribution < 1.29 is 33.2 Å². The van der Waals surface area contributed by atoms with Crippen LogP contribution >= 0.6 is 0 Å². The molecule has 4 heterocycles. The summed E-state index contributed by atoms with van der Waals surface area (Å²) in [6.07, 6.45) is 3.02. The van der Waals surface area contributed by atoms with Crippen molar-refractivity contribution >= 4 is 11.7 Å². The molecule has 6 bridgehead atoms. The number of nitrogens with zero attached hydrogens (tertiary/aromatic N) is 3. The number of carbonyl (C=O) groups excluding carboxylic acids is 1. The van der Waals surface area contributed by atoms with Gasteiger partial charge in [0.05, 0.1) is 26.9 Å². The van der Waals surface area contributed by atoms with Gasteiger partial charge in [0.2, 0.25) is 5.75 Å². The molecular formula is C46H49N3O7. The van der Waals surface area contributed by atoms with E-state index >= 15 is 0 Å². The first-order valence-electron chi connectivity index (χ1n) is 19.1. The molecule has 0 aromatic heterocycles. The van der Waals surface area contributed by atoms with Gasteiger partial charge in [-0.25, -0.2) is 4.79 Å². The van der Waals surface area contributed by atoms with Crippen molar-refractivity contribution in [2.45, 2.75) is 37.8 Å². The van der Waals surface area contributed by atoms with Crippen LogP contribution in [0.5, 0.6) is 46.0 Å². The van der Waals surface area contributed by atoms with Crippen molar-refractivity contribution in [2.24, 2.45) is 0 Å². The molecule has 0 aliphatic carbocycles. The molecule has 5 aromatic rings. The largest absolute Gasteiger partial charge is 0.493 e. The van der Waals surface area contributed by atoms with E-state index in [1.54, 1.807) is 33.5 Å². The average molecular weight is 756 g/mol. The standard InChI is InChI=1S/C46H49N3O7/c1-47(2)33-13-11-30(12-14-33)46(50)56-44-42(53-7)26-32-19-21-49(4)37-23-29-10-17-38(51-5)40(24-29)54-34-15-8-28(9-16-34)22-36-35-27-41(55-45(44)43(32)37)39(52-6)25-31(35)18-20-48(36)3/h8-17,24-27,36-37H,18-23H2,1-7H3/t36-,37-/m0/s1. The predicted molar refractivity (Wildman–Crippen MR) is 217 cm³/mol. The molecule has 9 rings (SSSR count). The van der Waals surface area contributed by atoms with Gasteiger partial charge in [0, 0.05) is 50.5 Å². The molecule has 290 valence electrons. The molecule has 4 aliphatic rings. The summed E-state index contributed by atoms with van der Waals surface area (Å²) in [6.45, 7) is 1.71. The van der Waals surface area contributed by atoms with Crippen molar-refractivity contribution in [3.05, 3.63) is 124 Å². The summed E-state index contributed by atoms with van der Waals surface area (Å²) in [5.41, 5.74) is 7.98. The van der Waals surface area contributed by atoms with Crippen LogP contribution in [0.1, 0.15) is 55.8 Å². The van der Waals surface area contributed by atoms with Crippen LogP contribution in [0, 0.1) is 0 Å². The van der Waals surface area contributed by atoms with E-state index in [0.29, 0.717) is 46.5 Å². The van der Waals surface area contributed by atoms with Gasteiger partial charge in [-0.3, -0.25) is 9.80 Å². The van der Waals surface area contributed by atoms with E-state index in [0.717, 1.165) is 60.5 Å². The summed E-state index contributed by atoms with van der Waals surface area (Å²) >= 11 is 0. The van der Waals surface area contributed by atoms with Crippen LogP contribution in [0.2, 0.25) is 0 Å². The summed E-state index contributed by atoms with van der Waals surface area (Å²) in [5, 5.41) is 0. The first-order valence-corrected chi connectivity index (χ1v) is 19.1. The van der Waals surface area contributed by atoms with Crippen LogP contribution in [0.25, 0.3) is 0 Å². The van der Waals surface area contributed by atoms with Crippen LogP contribution in [0.15, 0.2) is 84.9 Å². The molecule has 0 N–H and O–H groups in total. The molecule has 56 heavy (non-hydrogen) atoms. The van der Waals surface area contributed by atoms with E-state index in [9.17, 15) is 4.79 Å². The molecule has 2 atom stereocenters. The van der Waals surface area contributed by atoms with Crippen LogP contribution in [-0.2, 0) is 25.7 Å². The third kappa shape index (κ3) is 7.10. The number of benzene rings is 5. The van der Waals surface area contributed by atoms with Gasteiger partial charge in [-0.1, -0.05) is 18.2 Å². The molecule has 10 heteroatoms. The highest BCUT2D eigenvalue weighted by molar-refractivity contribution is 5.92. The lowest BCUT2D eigenvalue weighted by atomic mass is 9.87. The second kappa shape index (κ2) is 15.4. The molecule has 0 fully saturated rings.